The highest BCUT2D eigenvalue weighted by Crippen LogP contribution is 2.34. The van der Waals surface area contributed by atoms with E-state index in [1.165, 1.54) is 6.20 Å². The Balaban J connectivity index is 0.00000225. The normalized spacial score (nSPS) is 20.1. The smallest absolute Gasteiger partial charge is 0.315 e. The lowest BCUT2D eigenvalue weighted by Gasteiger charge is -2.20. The first kappa shape index (κ1) is 19.3. The number of hydrogen-bond donors (Lipinski definition) is 2. The predicted molar refractivity (Wildman–Crippen MR) is 89.6 cm³/mol. The number of carbonyl (C=O) groups is 1. The van der Waals surface area contributed by atoms with Crippen LogP contribution < -0.4 is 10.6 Å². The van der Waals surface area contributed by atoms with Crippen LogP contribution in [0.5, 0.6) is 0 Å². The van der Waals surface area contributed by atoms with E-state index in [4.69, 9.17) is 0 Å². The molecule has 2 aromatic rings. The van der Waals surface area contributed by atoms with Crippen LogP contribution in [0.25, 0.3) is 0 Å². The second kappa shape index (κ2) is 7.88. The molecule has 0 saturated carbocycles. The number of amides is 1. The van der Waals surface area contributed by atoms with Gasteiger partial charge >= 0.3 is 6.18 Å². The van der Waals surface area contributed by atoms with Crippen LogP contribution in [0, 0.1) is 11.8 Å². The van der Waals surface area contributed by atoms with Gasteiger partial charge in [0.15, 0.2) is 0 Å². The molecule has 0 bridgehead atoms. The highest BCUT2D eigenvalue weighted by molar-refractivity contribution is 5.91. The Labute approximate surface area is 149 Å². The Morgan fingerprint density at radius 3 is 2.68 bits per heavy atom. The van der Waals surface area contributed by atoms with Crippen molar-refractivity contribution in [1.82, 2.24) is 14.9 Å². The minimum atomic E-state index is -4.40. The fourth-order valence-corrected chi connectivity index (χ4v) is 2.84. The summed E-state index contributed by atoms with van der Waals surface area (Å²) in [6, 6.07) is 9.52. The molecule has 1 aliphatic rings. The van der Waals surface area contributed by atoms with Crippen molar-refractivity contribution in [2.24, 2.45) is 11.8 Å². The number of aromatic nitrogens is 2. The first-order valence-electron chi connectivity index (χ1n) is 7.58. The molecule has 136 valence electrons. The summed E-state index contributed by atoms with van der Waals surface area (Å²) >= 11 is 0. The van der Waals surface area contributed by atoms with E-state index in [9.17, 15) is 18.0 Å². The van der Waals surface area contributed by atoms with Gasteiger partial charge in [-0.15, -0.1) is 12.4 Å². The zero-order valence-electron chi connectivity index (χ0n) is 13.2. The van der Waals surface area contributed by atoms with Crippen molar-refractivity contribution in [2.45, 2.75) is 12.7 Å². The summed E-state index contributed by atoms with van der Waals surface area (Å²) < 4.78 is 40.6. The number of hydrogen-bond acceptors (Lipinski definition) is 3. The number of benzene rings is 1. The third-order valence-corrected chi connectivity index (χ3v) is 4.12. The Morgan fingerprint density at radius 1 is 1.28 bits per heavy atom. The van der Waals surface area contributed by atoms with Crippen LogP contribution in [0.1, 0.15) is 5.56 Å². The molecular weight excluding hydrogens is 357 g/mol. The quantitative estimate of drug-likeness (QED) is 0.865. The van der Waals surface area contributed by atoms with Gasteiger partial charge in [0, 0.05) is 25.5 Å². The SMILES string of the molecule is Cl.O=C(Nc1nccn1Cc1ccccc1)[C@@H]1CNC[C@H]1C(F)(F)F. The predicted octanol–water partition coefficient (Wildman–Crippen LogP) is 2.69. The maximum atomic E-state index is 13.0. The van der Waals surface area contributed by atoms with Gasteiger partial charge < -0.3 is 9.88 Å². The van der Waals surface area contributed by atoms with E-state index in [1.54, 1.807) is 10.8 Å². The van der Waals surface area contributed by atoms with Gasteiger partial charge in [0.25, 0.3) is 0 Å². The number of nitrogens with one attached hydrogen (secondary N) is 2. The molecule has 1 aromatic carbocycles. The van der Waals surface area contributed by atoms with Gasteiger partial charge in [-0.25, -0.2) is 4.98 Å². The first-order valence-corrected chi connectivity index (χ1v) is 7.58. The van der Waals surface area contributed by atoms with Gasteiger partial charge in [-0.1, -0.05) is 30.3 Å². The molecule has 0 radical (unpaired) electrons. The van der Waals surface area contributed by atoms with Crippen LogP contribution in [0.2, 0.25) is 0 Å². The molecule has 2 atom stereocenters. The van der Waals surface area contributed by atoms with E-state index in [0.29, 0.717) is 6.54 Å². The number of imidazole rings is 1. The largest absolute Gasteiger partial charge is 0.393 e. The summed E-state index contributed by atoms with van der Waals surface area (Å²) in [7, 11) is 0. The van der Waals surface area contributed by atoms with Crippen molar-refractivity contribution < 1.29 is 18.0 Å². The molecule has 0 unspecified atom stereocenters. The number of carbonyl (C=O) groups excluding carboxylic acids is 1. The Kier molecular flexibility index (Phi) is 6.07. The minimum absolute atomic E-state index is 0. The van der Waals surface area contributed by atoms with Crippen molar-refractivity contribution in [1.29, 1.82) is 0 Å². The van der Waals surface area contributed by atoms with E-state index in [2.05, 4.69) is 15.6 Å². The molecule has 2 N–H and O–H groups in total. The van der Waals surface area contributed by atoms with Crippen LogP contribution in [-0.2, 0) is 11.3 Å². The molecule has 1 aliphatic heterocycles. The van der Waals surface area contributed by atoms with Crippen LogP contribution in [0.4, 0.5) is 19.1 Å². The monoisotopic (exact) mass is 374 g/mol. The number of nitrogens with zero attached hydrogens (tertiary/aromatic N) is 2. The number of anilines is 1. The van der Waals surface area contributed by atoms with E-state index in [1.807, 2.05) is 30.3 Å². The van der Waals surface area contributed by atoms with Crippen molar-refractivity contribution in [2.75, 3.05) is 18.4 Å². The molecule has 1 aromatic heterocycles. The third kappa shape index (κ3) is 4.52. The maximum absolute atomic E-state index is 13.0. The van der Waals surface area contributed by atoms with E-state index in [-0.39, 0.29) is 31.4 Å². The zero-order chi connectivity index (χ0) is 17.2. The van der Waals surface area contributed by atoms with Gasteiger partial charge in [0.05, 0.1) is 18.4 Å². The molecule has 9 heteroatoms. The van der Waals surface area contributed by atoms with Crippen molar-refractivity contribution in [3.05, 3.63) is 48.3 Å². The molecule has 1 amide bonds. The van der Waals surface area contributed by atoms with E-state index >= 15 is 0 Å². The van der Waals surface area contributed by atoms with Gasteiger partial charge in [0.2, 0.25) is 11.9 Å². The Hall–Kier alpha value is -2.06. The fourth-order valence-electron chi connectivity index (χ4n) is 2.84. The summed E-state index contributed by atoms with van der Waals surface area (Å²) in [5.74, 6) is -3.23. The van der Waals surface area contributed by atoms with Gasteiger partial charge in [0.1, 0.15) is 0 Å². The molecular formula is C16H18ClF3N4O. The highest BCUT2D eigenvalue weighted by atomic mass is 35.5. The van der Waals surface area contributed by atoms with Crippen molar-refractivity contribution in [3.63, 3.8) is 0 Å². The Morgan fingerprint density at radius 2 is 2.00 bits per heavy atom. The van der Waals surface area contributed by atoms with Crippen molar-refractivity contribution >= 4 is 24.3 Å². The van der Waals surface area contributed by atoms with Crippen LogP contribution in [0.3, 0.4) is 0 Å². The lowest BCUT2D eigenvalue weighted by atomic mass is 9.95. The number of alkyl halides is 3. The topological polar surface area (TPSA) is 59.0 Å². The second-order valence-electron chi connectivity index (χ2n) is 5.77. The second-order valence-corrected chi connectivity index (χ2v) is 5.77. The standard InChI is InChI=1S/C16H17F3N4O.ClH/c17-16(18,19)13-9-20-8-12(13)14(24)22-15-21-6-7-23(15)10-11-4-2-1-3-5-11;/h1-7,12-13,20H,8-10H2,(H,21,22,24);1H/t12-,13-;/m1./s1. The number of halogens is 4. The molecule has 1 fully saturated rings. The summed E-state index contributed by atoms with van der Waals surface area (Å²) in [5, 5.41) is 5.16. The minimum Gasteiger partial charge on any atom is -0.315 e. The fraction of sp³-hybridized carbons (Fsp3) is 0.375. The molecule has 25 heavy (non-hydrogen) atoms. The molecule has 0 spiro atoms. The Bertz CT molecular complexity index is 705. The number of rotatable bonds is 4. The highest BCUT2D eigenvalue weighted by Gasteiger charge is 2.49. The maximum Gasteiger partial charge on any atom is 0.393 e. The molecule has 2 heterocycles. The summed E-state index contributed by atoms with van der Waals surface area (Å²) in [5.41, 5.74) is 1.00. The molecule has 1 saturated heterocycles. The summed E-state index contributed by atoms with van der Waals surface area (Å²) in [4.78, 5) is 16.3. The first-order chi connectivity index (χ1) is 11.4. The van der Waals surface area contributed by atoms with Gasteiger partial charge in [-0.3, -0.25) is 10.1 Å². The molecule has 3 rings (SSSR count). The van der Waals surface area contributed by atoms with E-state index < -0.39 is 23.9 Å². The van der Waals surface area contributed by atoms with Gasteiger partial charge in [-0.2, -0.15) is 13.2 Å². The van der Waals surface area contributed by atoms with Crippen molar-refractivity contribution in [3.8, 4) is 0 Å². The lowest BCUT2D eigenvalue weighted by molar-refractivity contribution is -0.181. The van der Waals surface area contributed by atoms with Crippen LogP contribution in [-0.4, -0.2) is 34.7 Å². The van der Waals surface area contributed by atoms with Crippen LogP contribution in [0.15, 0.2) is 42.7 Å². The third-order valence-electron chi connectivity index (χ3n) is 4.12. The van der Waals surface area contributed by atoms with Crippen LogP contribution >= 0.6 is 12.4 Å². The average Bonchev–Trinajstić information content (AvgIpc) is 3.17. The molecule has 0 aliphatic carbocycles. The molecule has 5 nitrogen and oxygen atoms in total. The average molecular weight is 375 g/mol. The van der Waals surface area contributed by atoms with Gasteiger partial charge in [-0.05, 0) is 5.56 Å². The summed E-state index contributed by atoms with van der Waals surface area (Å²) in [6.45, 7) is 0.248. The lowest BCUT2D eigenvalue weighted by Crippen LogP contribution is -2.37. The van der Waals surface area contributed by atoms with E-state index in [0.717, 1.165) is 5.56 Å². The summed E-state index contributed by atoms with van der Waals surface area (Å²) in [6.07, 6.45) is -1.21. The zero-order valence-corrected chi connectivity index (χ0v) is 14.0.